The minimum Gasteiger partial charge on any atom is -0.493 e. The molecule has 2 aromatic heterocycles. The molecule has 138 valence electrons. The zero-order valence-corrected chi connectivity index (χ0v) is 15.7. The lowest BCUT2D eigenvalue weighted by atomic mass is 10.2. The quantitative estimate of drug-likeness (QED) is 0.710. The van der Waals surface area contributed by atoms with Crippen LogP contribution in [0.15, 0.2) is 28.7 Å². The van der Waals surface area contributed by atoms with Crippen LogP contribution in [0.1, 0.15) is 24.1 Å². The van der Waals surface area contributed by atoms with Crippen molar-refractivity contribution in [2.75, 3.05) is 12.4 Å². The minimum absolute atomic E-state index is 0.113. The van der Waals surface area contributed by atoms with E-state index < -0.39 is 0 Å². The highest BCUT2D eigenvalue weighted by Crippen LogP contribution is 2.28. The summed E-state index contributed by atoms with van der Waals surface area (Å²) >= 11 is 0. The Labute approximate surface area is 152 Å². The van der Waals surface area contributed by atoms with Crippen LogP contribution in [0.2, 0.25) is 0 Å². The zero-order valence-electron chi connectivity index (χ0n) is 15.7. The van der Waals surface area contributed by atoms with E-state index in [1.165, 1.54) is 0 Å². The second-order valence-corrected chi connectivity index (χ2v) is 6.35. The average molecular weight is 356 g/mol. The van der Waals surface area contributed by atoms with Gasteiger partial charge in [-0.25, -0.2) is 0 Å². The number of amides is 1. The number of aryl methyl sites for hydroxylation is 2. The van der Waals surface area contributed by atoms with Gasteiger partial charge in [0.25, 0.3) is 0 Å². The van der Waals surface area contributed by atoms with Crippen LogP contribution in [-0.2, 0) is 18.4 Å². The molecule has 0 fully saturated rings. The highest BCUT2D eigenvalue weighted by Gasteiger charge is 2.18. The molecule has 0 saturated heterocycles. The van der Waals surface area contributed by atoms with Gasteiger partial charge in [0, 0.05) is 12.4 Å². The molecule has 0 aliphatic rings. The monoisotopic (exact) mass is 356 g/mol. The molecule has 1 unspecified atom stereocenters. The highest BCUT2D eigenvalue weighted by atomic mass is 16.5. The van der Waals surface area contributed by atoms with Crippen molar-refractivity contribution < 1.29 is 13.9 Å². The summed E-state index contributed by atoms with van der Waals surface area (Å²) in [5.74, 6) is 1.33. The van der Waals surface area contributed by atoms with Crippen molar-refractivity contribution in [3.05, 3.63) is 41.4 Å². The summed E-state index contributed by atoms with van der Waals surface area (Å²) in [7, 11) is 3.47. The lowest BCUT2D eigenvalue weighted by Crippen LogP contribution is -2.37. The smallest absolute Gasteiger partial charge is 0.241 e. The predicted molar refractivity (Wildman–Crippen MR) is 100 cm³/mol. The predicted octanol–water partition coefficient (Wildman–Crippen LogP) is 2.91. The molecule has 1 aromatic carbocycles. The molecule has 3 rings (SSSR count). The maximum Gasteiger partial charge on any atom is 0.241 e. The van der Waals surface area contributed by atoms with Gasteiger partial charge in [-0.15, -0.1) is 0 Å². The molecule has 0 bridgehead atoms. The van der Waals surface area contributed by atoms with Crippen LogP contribution in [0.3, 0.4) is 0 Å². The van der Waals surface area contributed by atoms with E-state index in [1.54, 1.807) is 11.8 Å². The third kappa shape index (κ3) is 3.43. The molecular weight excluding hydrogens is 332 g/mol. The third-order valence-corrected chi connectivity index (χ3v) is 4.51. The normalized spacial score (nSPS) is 12.3. The van der Waals surface area contributed by atoms with Crippen molar-refractivity contribution in [2.45, 2.75) is 33.4 Å². The van der Waals surface area contributed by atoms with Crippen molar-refractivity contribution in [1.82, 2.24) is 15.1 Å². The number of hydrogen-bond acceptors (Lipinski definition) is 5. The second kappa shape index (κ2) is 7.21. The number of para-hydroxylation sites is 1. The van der Waals surface area contributed by atoms with E-state index in [-0.39, 0.29) is 11.9 Å². The average Bonchev–Trinajstić information content (AvgIpc) is 3.15. The number of aromatic nitrogens is 2. The van der Waals surface area contributed by atoms with Gasteiger partial charge in [0.2, 0.25) is 5.91 Å². The molecule has 1 amide bonds. The molecule has 2 heterocycles. The molecular formula is C19H24N4O3. The Hall–Kier alpha value is -2.80. The number of carbonyl (C=O) groups excluding carboxylic acids is 1. The Bertz CT molecular complexity index is 942. The second-order valence-electron chi connectivity index (χ2n) is 6.35. The Balaban J connectivity index is 1.65. The van der Waals surface area contributed by atoms with E-state index >= 15 is 0 Å². The van der Waals surface area contributed by atoms with E-state index in [2.05, 4.69) is 15.7 Å². The summed E-state index contributed by atoms with van der Waals surface area (Å²) in [4.78, 5) is 12.5. The van der Waals surface area contributed by atoms with Gasteiger partial charge < -0.3 is 14.5 Å². The van der Waals surface area contributed by atoms with Gasteiger partial charge in [0.15, 0.2) is 11.3 Å². The van der Waals surface area contributed by atoms with E-state index in [0.29, 0.717) is 17.9 Å². The van der Waals surface area contributed by atoms with Gasteiger partial charge in [0.1, 0.15) is 5.76 Å². The maximum absolute atomic E-state index is 12.5. The minimum atomic E-state index is -0.385. The van der Waals surface area contributed by atoms with E-state index in [9.17, 15) is 4.79 Å². The molecule has 26 heavy (non-hydrogen) atoms. The molecule has 1 atom stereocenters. The Morgan fingerprint density at radius 2 is 2.15 bits per heavy atom. The van der Waals surface area contributed by atoms with Gasteiger partial charge in [-0.05, 0) is 32.9 Å². The van der Waals surface area contributed by atoms with Crippen LogP contribution in [0.25, 0.3) is 11.0 Å². The summed E-state index contributed by atoms with van der Waals surface area (Å²) in [6, 6.07) is 7.31. The number of hydrogen-bond donors (Lipinski definition) is 2. The van der Waals surface area contributed by atoms with Crippen LogP contribution in [0.5, 0.6) is 5.75 Å². The van der Waals surface area contributed by atoms with E-state index in [4.69, 9.17) is 9.15 Å². The molecule has 7 heteroatoms. The first kappa shape index (κ1) is 18.0. The fourth-order valence-electron chi connectivity index (χ4n) is 2.87. The number of nitrogens with zero attached hydrogens (tertiary/aromatic N) is 2. The molecule has 0 aliphatic heterocycles. The highest BCUT2D eigenvalue weighted by molar-refractivity contribution is 5.95. The fraction of sp³-hybridized carbons (Fsp3) is 0.368. The number of methoxy groups -OCH3 is 1. The SMILES string of the molecule is COc1cccc2cc(CNC(C)C(=O)Nc3c(C)nn(C)c3C)oc12. The number of ether oxygens (including phenoxy) is 1. The number of rotatable bonds is 6. The lowest BCUT2D eigenvalue weighted by Gasteiger charge is -2.13. The number of furan rings is 1. The summed E-state index contributed by atoms with van der Waals surface area (Å²) in [6.45, 7) is 6.06. The zero-order chi connectivity index (χ0) is 18.8. The topological polar surface area (TPSA) is 81.3 Å². The maximum atomic E-state index is 12.5. The molecule has 2 N–H and O–H groups in total. The fourth-order valence-corrected chi connectivity index (χ4v) is 2.87. The van der Waals surface area contributed by atoms with Crippen molar-refractivity contribution >= 4 is 22.6 Å². The van der Waals surface area contributed by atoms with Gasteiger partial charge in [-0.2, -0.15) is 5.10 Å². The first-order valence-corrected chi connectivity index (χ1v) is 8.50. The summed E-state index contributed by atoms with van der Waals surface area (Å²) in [5.41, 5.74) is 3.20. The van der Waals surface area contributed by atoms with Crippen LogP contribution >= 0.6 is 0 Å². The number of anilines is 1. The summed E-state index contributed by atoms with van der Waals surface area (Å²) in [5, 5.41) is 11.4. The van der Waals surface area contributed by atoms with Crippen LogP contribution in [-0.4, -0.2) is 28.8 Å². The van der Waals surface area contributed by atoms with Crippen LogP contribution in [0, 0.1) is 13.8 Å². The van der Waals surface area contributed by atoms with Gasteiger partial charge in [0.05, 0.1) is 36.8 Å². The number of carbonyl (C=O) groups is 1. The van der Waals surface area contributed by atoms with Gasteiger partial charge >= 0.3 is 0 Å². The Morgan fingerprint density at radius 1 is 1.38 bits per heavy atom. The van der Waals surface area contributed by atoms with E-state index in [0.717, 1.165) is 28.2 Å². The largest absolute Gasteiger partial charge is 0.493 e. The number of benzene rings is 1. The van der Waals surface area contributed by atoms with Crippen molar-refractivity contribution in [3.63, 3.8) is 0 Å². The lowest BCUT2D eigenvalue weighted by molar-refractivity contribution is -0.117. The number of fused-ring (bicyclic) bond motifs is 1. The summed E-state index contributed by atoms with van der Waals surface area (Å²) < 4.78 is 12.9. The molecule has 0 radical (unpaired) electrons. The van der Waals surface area contributed by atoms with Crippen molar-refractivity contribution in [3.8, 4) is 5.75 Å². The van der Waals surface area contributed by atoms with Crippen LogP contribution in [0.4, 0.5) is 5.69 Å². The number of nitrogens with one attached hydrogen (secondary N) is 2. The first-order valence-electron chi connectivity index (χ1n) is 8.50. The molecule has 0 aliphatic carbocycles. The first-order chi connectivity index (χ1) is 12.4. The third-order valence-electron chi connectivity index (χ3n) is 4.51. The van der Waals surface area contributed by atoms with E-state index in [1.807, 2.05) is 52.1 Å². The Morgan fingerprint density at radius 3 is 2.81 bits per heavy atom. The van der Waals surface area contributed by atoms with Crippen LogP contribution < -0.4 is 15.4 Å². The molecule has 0 spiro atoms. The van der Waals surface area contributed by atoms with Crippen molar-refractivity contribution in [1.29, 1.82) is 0 Å². The standard InChI is InChI=1S/C19H24N4O3/c1-11-17(13(3)23(4)22-11)21-19(24)12(2)20-10-15-9-14-7-6-8-16(25-5)18(14)26-15/h6-9,12,20H,10H2,1-5H3,(H,21,24). The van der Waals surface area contributed by atoms with Gasteiger partial charge in [-0.3, -0.25) is 14.8 Å². The van der Waals surface area contributed by atoms with Crippen molar-refractivity contribution in [2.24, 2.45) is 7.05 Å². The summed E-state index contributed by atoms with van der Waals surface area (Å²) in [6.07, 6.45) is 0. The Kier molecular flexibility index (Phi) is 4.99. The molecule has 7 nitrogen and oxygen atoms in total. The molecule has 0 saturated carbocycles. The molecule has 3 aromatic rings. The van der Waals surface area contributed by atoms with Gasteiger partial charge in [-0.1, -0.05) is 12.1 Å².